The number of halogens is 4. The van der Waals surface area contributed by atoms with Crippen LogP contribution in [-0.2, 0) is 21.9 Å². The predicted molar refractivity (Wildman–Crippen MR) is 137 cm³/mol. The zero-order valence-electron chi connectivity index (χ0n) is 18.1. The second kappa shape index (κ2) is 13.0. The van der Waals surface area contributed by atoms with Gasteiger partial charge in [0.2, 0.25) is 11.8 Å². The van der Waals surface area contributed by atoms with Crippen LogP contribution in [0.4, 0.5) is 0 Å². The minimum Gasteiger partial charge on any atom is -0.352 e. The van der Waals surface area contributed by atoms with Crippen molar-refractivity contribution in [2.24, 2.45) is 0 Å². The molecule has 0 radical (unpaired) electrons. The highest BCUT2D eigenvalue weighted by atomic mass is 35.5. The lowest BCUT2D eigenvalue weighted by molar-refractivity contribution is -0.139. The Morgan fingerprint density at radius 2 is 1.69 bits per heavy atom. The monoisotopic (exact) mass is 534 g/mol. The molecule has 174 valence electrons. The number of amides is 2. The average Bonchev–Trinajstić information content (AvgIpc) is 2.71. The minimum atomic E-state index is -0.624. The molecule has 32 heavy (non-hydrogen) atoms. The molecule has 0 aromatic heterocycles. The Bertz CT molecular complexity index is 935. The molecule has 1 atom stereocenters. The molecule has 2 rings (SSSR count). The zero-order chi connectivity index (χ0) is 23.8. The number of thioether (sulfide) groups is 1. The normalized spacial score (nSPS) is 12.0. The summed E-state index contributed by atoms with van der Waals surface area (Å²) in [5.74, 6) is 0.280. The Balaban J connectivity index is 2.21. The van der Waals surface area contributed by atoms with Gasteiger partial charge < -0.3 is 10.2 Å². The Morgan fingerprint density at radius 1 is 1.03 bits per heavy atom. The molecule has 0 bridgehead atoms. The molecular formula is C23H26Cl4N2O2S. The van der Waals surface area contributed by atoms with Crippen LogP contribution >= 0.6 is 58.2 Å². The van der Waals surface area contributed by atoms with E-state index >= 15 is 0 Å². The lowest BCUT2D eigenvalue weighted by Crippen LogP contribution is -2.51. The van der Waals surface area contributed by atoms with Crippen LogP contribution in [0.25, 0.3) is 0 Å². The zero-order valence-corrected chi connectivity index (χ0v) is 22.0. The summed E-state index contributed by atoms with van der Waals surface area (Å²) in [6, 6.07) is 9.77. The number of nitrogens with one attached hydrogen (secondary N) is 1. The topological polar surface area (TPSA) is 49.4 Å². The van der Waals surface area contributed by atoms with Gasteiger partial charge >= 0.3 is 0 Å². The van der Waals surface area contributed by atoms with E-state index in [1.807, 2.05) is 20.8 Å². The fourth-order valence-corrected chi connectivity index (χ4v) is 5.24. The number of hydrogen-bond acceptors (Lipinski definition) is 3. The summed E-state index contributed by atoms with van der Waals surface area (Å²) < 4.78 is 0. The van der Waals surface area contributed by atoms with E-state index in [1.165, 1.54) is 11.8 Å². The molecule has 2 aromatic rings. The fraction of sp³-hybridized carbons (Fsp3) is 0.391. The maximum Gasteiger partial charge on any atom is 0.243 e. The molecule has 0 heterocycles. The van der Waals surface area contributed by atoms with Crippen molar-refractivity contribution < 1.29 is 9.59 Å². The van der Waals surface area contributed by atoms with Crippen LogP contribution in [0.3, 0.4) is 0 Å². The van der Waals surface area contributed by atoms with Crippen molar-refractivity contribution in [3.63, 3.8) is 0 Å². The number of carbonyl (C=O) groups excluding carboxylic acids is 2. The SMILES string of the molecule is CC[C@@H](C(=O)NC(C)C)N(Cc1ccc(Cl)cc1Cl)C(=O)CSCc1c(Cl)cccc1Cl. The molecule has 0 aliphatic rings. The van der Waals surface area contributed by atoms with Crippen molar-refractivity contribution in [1.82, 2.24) is 10.2 Å². The standard InChI is InChI=1S/C23H26Cl4N2O2S/c1-4-21(23(31)28-14(2)3)29(11-15-8-9-16(24)10-20(15)27)22(30)13-32-12-17-18(25)6-5-7-19(17)26/h5-10,14,21H,4,11-13H2,1-3H3,(H,28,31)/t21-/m0/s1. The molecule has 0 aliphatic carbocycles. The highest BCUT2D eigenvalue weighted by Gasteiger charge is 2.29. The number of benzene rings is 2. The van der Waals surface area contributed by atoms with E-state index in [2.05, 4.69) is 5.32 Å². The van der Waals surface area contributed by atoms with E-state index in [-0.39, 0.29) is 30.2 Å². The smallest absolute Gasteiger partial charge is 0.243 e. The predicted octanol–water partition coefficient (Wildman–Crippen LogP) is 6.87. The molecule has 0 fully saturated rings. The summed E-state index contributed by atoms with van der Waals surface area (Å²) in [5.41, 5.74) is 1.50. The molecule has 0 saturated heterocycles. The Morgan fingerprint density at radius 3 is 2.25 bits per heavy atom. The van der Waals surface area contributed by atoms with Crippen molar-refractivity contribution in [2.75, 3.05) is 5.75 Å². The van der Waals surface area contributed by atoms with Gasteiger partial charge in [-0.05, 0) is 55.7 Å². The molecule has 1 N–H and O–H groups in total. The van der Waals surface area contributed by atoms with Crippen molar-refractivity contribution in [2.45, 2.75) is 51.6 Å². The van der Waals surface area contributed by atoms with Crippen LogP contribution in [0.15, 0.2) is 36.4 Å². The first-order chi connectivity index (χ1) is 15.1. The summed E-state index contributed by atoms with van der Waals surface area (Å²) in [5, 5.41) is 4.98. The number of hydrogen-bond donors (Lipinski definition) is 1. The third-order valence-electron chi connectivity index (χ3n) is 4.71. The molecule has 9 heteroatoms. The van der Waals surface area contributed by atoms with Crippen LogP contribution < -0.4 is 5.32 Å². The number of carbonyl (C=O) groups is 2. The molecular weight excluding hydrogens is 510 g/mol. The first kappa shape index (κ1) is 27.1. The number of nitrogens with zero attached hydrogens (tertiary/aromatic N) is 1. The van der Waals surface area contributed by atoms with Crippen LogP contribution in [0.1, 0.15) is 38.3 Å². The largest absolute Gasteiger partial charge is 0.352 e. The lowest BCUT2D eigenvalue weighted by Gasteiger charge is -2.31. The van der Waals surface area contributed by atoms with Crippen molar-refractivity contribution in [1.29, 1.82) is 0 Å². The summed E-state index contributed by atoms with van der Waals surface area (Å²) in [7, 11) is 0. The molecule has 0 aliphatic heterocycles. The molecule has 4 nitrogen and oxygen atoms in total. The van der Waals surface area contributed by atoms with Gasteiger partial charge in [-0.1, -0.05) is 65.5 Å². The summed E-state index contributed by atoms with van der Waals surface area (Å²) in [6.07, 6.45) is 0.469. The Labute approximate surface area is 213 Å². The van der Waals surface area contributed by atoms with E-state index in [0.29, 0.717) is 32.3 Å². The highest BCUT2D eigenvalue weighted by molar-refractivity contribution is 7.99. The quantitative estimate of drug-likeness (QED) is 0.361. The third kappa shape index (κ3) is 7.74. The van der Waals surface area contributed by atoms with Gasteiger partial charge in [-0.3, -0.25) is 9.59 Å². The summed E-state index contributed by atoms with van der Waals surface area (Å²) in [4.78, 5) is 27.7. The lowest BCUT2D eigenvalue weighted by atomic mass is 10.1. The summed E-state index contributed by atoms with van der Waals surface area (Å²) >= 11 is 26.2. The van der Waals surface area contributed by atoms with Crippen molar-refractivity contribution in [3.05, 3.63) is 67.6 Å². The molecule has 2 amide bonds. The van der Waals surface area contributed by atoms with Gasteiger partial charge in [-0.25, -0.2) is 0 Å². The Kier molecular flexibility index (Phi) is 11.0. The van der Waals surface area contributed by atoms with Gasteiger partial charge in [0.1, 0.15) is 6.04 Å². The highest BCUT2D eigenvalue weighted by Crippen LogP contribution is 2.29. The molecule has 0 unspecified atom stereocenters. The average molecular weight is 536 g/mol. The molecule has 2 aromatic carbocycles. The van der Waals surface area contributed by atoms with Gasteiger partial charge in [-0.2, -0.15) is 0 Å². The fourth-order valence-electron chi connectivity index (χ4n) is 3.13. The van der Waals surface area contributed by atoms with E-state index in [4.69, 9.17) is 46.4 Å². The van der Waals surface area contributed by atoms with Gasteiger partial charge in [-0.15, -0.1) is 11.8 Å². The van der Waals surface area contributed by atoms with Crippen LogP contribution in [0.2, 0.25) is 20.1 Å². The van der Waals surface area contributed by atoms with Gasteiger partial charge in [0.15, 0.2) is 0 Å². The van der Waals surface area contributed by atoms with Gasteiger partial charge in [0, 0.05) is 38.4 Å². The van der Waals surface area contributed by atoms with E-state index < -0.39 is 6.04 Å². The minimum absolute atomic E-state index is 0.0376. The first-order valence-corrected chi connectivity index (χ1v) is 12.8. The second-order valence-corrected chi connectivity index (χ2v) is 10.2. The number of rotatable bonds is 10. The van der Waals surface area contributed by atoms with Crippen LogP contribution in [0, 0.1) is 0 Å². The van der Waals surface area contributed by atoms with Gasteiger partial charge in [0.05, 0.1) is 5.75 Å². The van der Waals surface area contributed by atoms with Crippen molar-refractivity contribution in [3.8, 4) is 0 Å². The van der Waals surface area contributed by atoms with E-state index in [9.17, 15) is 9.59 Å². The van der Waals surface area contributed by atoms with E-state index in [1.54, 1.807) is 41.3 Å². The maximum atomic E-state index is 13.3. The van der Waals surface area contributed by atoms with Crippen LogP contribution in [-0.4, -0.2) is 34.6 Å². The molecule has 0 saturated carbocycles. The Hall–Kier alpha value is -1.11. The van der Waals surface area contributed by atoms with Crippen LogP contribution in [0.5, 0.6) is 0 Å². The van der Waals surface area contributed by atoms with Gasteiger partial charge in [0.25, 0.3) is 0 Å². The van der Waals surface area contributed by atoms with Crippen molar-refractivity contribution >= 4 is 70.0 Å². The summed E-state index contributed by atoms with van der Waals surface area (Å²) in [6.45, 7) is 5.85. The maximum absolute atomic E-state index is 13.3. The van der Waals surface area contributed by atoms with E-state index in [0.717, 1.165) is 11.1 Å². The first-order valence-electron chi connectivity index (χ1n) is 10.2. The second-order valence-electron chi connectivity index (χ2n) is 7.54. The third-order valence-corrected chi connectivity index (χ3v) is 6.95. The molecule has 0 spiro atoms.